The molecule has 1 atom stereocenters. The number of nitrogens with two attached hydrogens (primary N) is 1. The first kappa shape index (κ1) is 17.5. The summed E-state index contributed by atoms with van der Waals surface area (Å²) in [5.41, 5.74) is 7.63. The molecule has 23 heavy (non-hydrogen) atoms. The van der Waals surface area contributed by atoms with Crippen LogP contribution < -0.4 is 11.1 Å². The molecule has 3 rings (SSSR count). The van der Waals surface area contributed by atoms with Crippen molar-refractivity contribution in [2.45, 2.75) is 18.9 Å². The highest BCUT2D eigenvalue weighted by Crippen LogP contribution is 2.23. The van der Waals surface area contributed by atoms with Crippen molar-refractivity contribution in [1.29, 1.82) is 0 Å². The highest BCUT2D eigenvalue weighted by atomic mass is 35.5. The molecule has 0 aliphatic carbocycles. The van der Waals surface area contributed by atoms with Crippen molar-refractivity contribution in [1.82, 2.24) is 4.98 Å². The lowest BCUT2D eigenvalue weighted by molar-refractivity contribution is -0.119. The van der Waals surface area contributed by atoms with Crippen molar-refractivity contribution < 1.29 is 13.9 Å². The van der Waals surface area contributed by atoms with Gasteiger partial charge in [-0.15, -0.1) is 12.4 Å². The van der Waals surface area contributed by atoms with Gasteiger partial charge in [0.25, 0.3) is 0 Å². The lowest BCUT2D eigenvalue weighted by Crippen LogP contribution is -2.44. The summed E-state index contributed by atoms with van der Waals surface area (Å²) >= 11 is 0. The van der Waals surface area contributed by atoms with Crippen molar-refractivity contribution in [2.24, 2.45) is 11.7 Å². The molecule has 0 bridgehead atoms. The molecule has 7 heteroatoms. The second-order valence-corrected chi connectivity index (χ2v) is 5.41. The third-order valence-electron chi connectivity index (χ3n) is 3.92. The highest BCUT2D eigenvalue weighted by Gasteiger charge is 2.26. The number of carbonyl (C=O) groups is 1. The van der Waals surface area contributed by atoms with Crippen LogP contribution >= 0.6 is 12.4 Å². The van der Waals surface area contributed by atoms with Crippen LogP contribution in [-0.4, -0.2) is 30.1 Å². The van der Waals surface area contributed by atoms with E-state index in [2.05, 4.69) is 10.3 Å². The van der Waals surface area contributed by atoms with E-state index in [1.54, 1.807) is 6.20 Å². The second-order valence-electron chi connectivity index (χ2n) is 5.41. The first-order chi connectivity index (χ1) is 10.7. The Labute approximate surface area is 140 Å². The number of anilines is 1. The number of aromatic nitrogens is 1. The molecular weight excluding hydrogens is 318 g/mol. The predicted molar refractivity (Wildman–Crippen MR) is 89.3 cm³/mol. The summed E-state index contributed by atoms with van der Waals surface area (Å²) in [7, 11) is 0. The number of nitrogens with one attached hydrogen (secondary N) is 1. The zero-order valence-electron chi connectivity index (χ0n) is 12.6. The molecule has 124 valence electrons. The van der Waals surface area contributed by atoms with E-state index < -0.39 is 6.04 Å². The average Bonchev–Trinajstić information content (AvgIpc) is 3.10. The maximum atomic E-state index is 12.3. The fraction of sp³-hybridized carbons (Fsp3) is 0.375. The summed E-state index contributed by atoms with van der Waals surface area (Å²) in [4.78, 5) is 16.2. The van der Waals surface area contributed by atoms with Crippen molar-refractivity contribution in [3.8, 4) is 11.3 Å². The van der Waals surface area contributed by atoms with Crippen LogP contribution in [0.3, 0.4) is 0 Å². The molecule has 1 aliphatic heterocycles. The Bertz CT molecular complexity index is 627. The minimum atomic E-state index is -0.516. The van der Waals surface area contributed by atoms with Gasteiger partial charge >= 0.3 is 0 Å². The van der Waals surface area contributed by atoms with Gasteiger partial charge < -0.3 is 20.2 Å². The molecule has 2 heterocycles. The van der Waals surface area contributed by atoms with E-state index in [9.17, 15) is 4.79 Å². The van der Waals surface area contributed by atoms with Crippen molar-refractivity contribution in [2.75, 3.05) is 18.5 Å². The predicted octanol–water partition coefficient (Wildman–Crippen LogP) is 2.46. The lowest BCUT2D eigenvalue weighted by atomic mass is 9.92. The summed E-state index contributed by atoms with van der Waals surface area (Å²) in [5, 5.41) is 2.87. The van der Waals surface area contributed by atoms with E-state index in [1.165, 1.54) is 6.39 Å². The Morgan fingerprint density at radius 3 is 2.83 bits per heavy atom. The molecule has 0 saturated carbocycles. The van der Waals surface area contributed by atoms with Gasteiger partial charge in [0, 0.05) is 24.5 Å². The molecular formula is C16H20ClN3O3. The number of hydrogen-bond donors (Lipinski definition) is 2. The van der Waals surface area contributed by atoms with Crippen LogP contribution in [-0.2, 0) is 9.53 Å². The first-order valence-corrected chi connectivity index (χ1v) is 7.37. The van der Waals surface area contributed by atoms with Gasteiger partial charge in [0.2, 0.25) is 5.91 Å². The number of rotatable bonds is 4. The molecule has 6 nitrogen and oxygen atoms in total. The normalized spacial score (nSPS) is 16.4. The number of carbonyl (C=O) groups excluding carboxylic acids is 1. The van der Waals surface area contributed by atoms with Crippen molar-refractivity contribution in [3.05, 3.63) is 36.9 Å². The fourth-order valence-corrected chi connectivity index (χ4v) is 2.62. The highest BCUT2D eigenvalue weighted by molar-refractivity contribution is 5.95. The minimum absolute atomic E-state index is 0. The molecule has 1 saturated heterocycles. The van der Waals surface area contributed by atoms with Gasteiger partial charge in [-0.05, 0) is 30.9 Å². The standard InChI is InChI=1S/C16H19N3O3.ClH/c17-15(11-4-6-21-7-5-11)16(20)19-13-3-1-2-12(8-13)14-9-18-10-22-14;/h1-3,8-11,15H,4-7,17H2,(H,19,20);1H. The van der Waals surface area contributed by atoms with E-state index in [1.807, 2.05) is 24.3 Å². The zero-order valence-corrected chi connectivity index (χ0v) is 13.4. The van der Waals surface area contributed by atoms with Crippen LogP contribution in [0, 0.1) is 5.92 Å². The maximum Gasteiger partial charge on any atom is 0.241 e. The Morgan fingerprint density at radius 1 is 1.35 bits per heavy atom. The summed E-state index contributed by atoms with van der Waals surface area (Å²) in [5.74, 6) is 0.664. The largest absolute Gasteiger partial charge is 0.444 e. The van der Waals surface area contributed by atoms with Crippen molar-refractivity contribution in [3.63, 3.8) is 0 Å². The van der Waals surface area contributed by atoms with Gasteiger partial charge in [-0.25, -0.2) is 4.98 Å². The van der Waals surface area contributed by atoms with Crippen LogP contribution in [0.4, 0.5) is 5.69 Å². The molecule has 3 N–H and O–H groups in total. The van der Waals surface area contributed by atoms with E-state index in [0.29, 0.717) is 24.7 Å². The smallest absolute Gasteiger partial charge is 0.241 e. The van der Waals surface area contributed by atoms with Gasteiger partial charge in [-0.1, -0.05) is 12.1 Å². The van der Waals surface area contributed by atoms with E-state index in [-0.39, 0.29) is 24.2 Å². The molecule has 1 unspecified atom stereocenters. The number of halogens is 1. The molecule has 1 aromatic carbocycles. The van der Waals surface area contributed by atoms with Crippen LogP contribution in [0.25, 0.3) is 11.3 Å². The lowest BCUT2D eigenvalue weighted by Gasteiger charge is -2.26. The number of ether oxygens (including phenoxy) is 1. The van der Waals surface area contributed by atoms with Crippen molar-refractivity contribution >= 4 is 24.0 Å². The summed E-state index contributed by atoms with van der Waals surface area (Å²) in [6.07, 6.45) is 4.66. The Hall–Kier alpha value is -1.89. The molecule has 1 aromatic heterocycles. The van der Waals surface area contributed by atoms with Crippen LogP contribution in [0.2, 0.25) is 0 Å². The molecule has 0 spiro atoms. The van der Waals surface area contributed by atoms with Gasteiger partial charge in [-0.3, -0.25) is 4.79 Å². The monoisotopic (exact) mass is 337 g/mol. The van der Waals surface area contributed by atoms with Gasteiger partial charge in [0.1, 0.15) is 0 Å². The number of hydrogen-bond acceptors (Lipinski definition) is 5. The molecule has 1 amide bonds. The fourth-order valence-electron chi connectivity index (χ4n) is 2.62. The summed E-state index contributed by atoms with van der Waals surface area (Å²) < 4.78 is 10.6. The van der Waals surface area contributed by atoms with Gasteiger partial charge in [0.05, 0.1) is 12.2 Å². The quantitative estimate of drug-likeness (QED) is 0.894. The number of nitrogens with zero attached hydrogens (tertiary/aromatic N) is 1. The van der Waals surface area contributed by atoms with E-state index >= 15 is 0 Å². The molecule has 1 fully saturated rings. The number of benzene rings is 1. The molecule has 0 radical (unpaired) electrons. The third-order valence-corrected chi connectivity index (χ3v) is 3.92. The third kappa shape index (κ3) is 4.31. The Kier molecular flexibility index (Phi) is 6.15. The Balaban J connectivity index is 0.00000192. The molecule has 2 aromatic rings. The van der Waals surface area contributed by atoms with Crippen LogP contribution in [0.5, 0.6) is 0 Å². The number of oxazole rings is 1. The zero-order chi connectivity index (χ0) is 15.4. The van der Waals surface area contributed by atoms with E-state index in [4.69, 9.17) is 14.9 Å². The maximum absolute atomic E-state index is 12.3. The SMILES string of the molecule is Cl.NC(C(=O)Nc1cccc(-c2cnco2)c1)C1CCOCC1. The minimum Gasteiger partial charge on any atom is -0.444 e. The van der Waals surface area contributed by atoms with Crippen LogP contribution in [0.1, 0.15) is 12.8 Å². The summed E-state index contributed by atoms with van der Waals surface area (Å²) in [6.45, 7) is 1.35. The average molecular weight is 338 g/mol. The molecule has 1 aliphatic rings. The number of amides is 1. The topological polar surface area (TPSA) is 90.4 Å². The van der Waals surface area contributed by atoms with Gasteiger partial charge in [-0.2, -0.15) is 0 Å². The van der Waals surface area contributed by atoms with Gasteiger partial charge in [0.15, 0.2) is 12.2 Å². The second kappa shape index (κ2) is 8.10. The summed E-state index contributed by atoms with van der Waals surface area (Å²) in [6, 6.07) is 6.91. The first-order valence-electron chi connectivity index (χ1n) is 7.37. The Morgan fingerprint density at radius 2 is 2.13 bits per heavy atom. The van der Waals surface area contributed by atoms with E-state index in [0.717, 1.165) is 18.4 Å². The van der Waals surface area contributed by atoms with Crippen LogP contribution in [0.15, 0.2) is 41.3 Å².